The van der Waals surface area contributed by atoms with E-state index in [9.17, 15) is 13.2 Å². The van der Waals surface area contributed by atoms with Gasteiger partial charge in [-0.1, -0.05) is 6.92 Å². The molecule has 0 saturated heterocycles. The smallest absolute Gasteiger partial charge is 0.316 e. The zero-order chi connectivity index (χ0) is 11.3. The highest BCUT2D eigenvalue weighted by molar-refractivity contribution is 4.77. The van der Waals surface area contributed by atoms with Crippen LogP contribution in [0.1, 0.15) is 39.0 Å². The number of rotatable bonds is 4. The van der Waals surface area contributed by atoms with E-state index in [0.29, 0.717) is 18.8 Å². The third kappa shape index (κ3) is 4.41. The topological polar surface area (TPSA) is 12.0 Å². The fourth-order valence-corrected chi connectivity index (χ4v) is 2.18. The third-order valence-electron chi connectivity index (χ3n) is 3.17. The number of alkyl halides is 3. The van der Waals surface area contributed by atoms with Gasteiger partial charge in [-0.15, -0.1) is 0 Å². The first-order valence-corrected chi connectivity index (χ1v) is 5.81. The maximum absolute atomic E-state index is 12.4. The van der Waals surface area contributed by atoms with E-state index in [1.54, 1.807) is 0 Å². The fraction of sp³-hybridized carbons (Fsp3) is 1.00. The molecule has 90 valence electrons. The van der Waals surface area contributed by atoms with Crippen molar-refractivity contribution in [3.63, 3.8) is 0 Å². The molecule has 1 fully saturated rings. The summed E-state index contributed by atoms with van der Waals surface area (Å²) in [6.45, 7) is 3.95. The molecule has 1 rings (SSSR count). The Balaban J connectivity index is 2.18. The van der Waals surface area contributed by atoms with E-state index >= 15 is 0 Å². The Kier molecular flexibility index (Phi) is 4.90. The maximum Gasteiger partial charge on any atom is 0.391 e. The Morgan fingerprint density at radius 1 is 1.13 bits per heavy atom. The first-order valence-electron chi connectivity index (χ1n) is 5.81. The Hall–Kier alpha value is -0.250. The van der Waals surface area contributed by atoms with E-state index < -0.39 is 12.1 Å². The highest BCUT2D eigenvalue weighted by Gasteiger charge is 2.41. The summed E-state index contributed by atoms with van der Waals surface area (Å²) in [6, 6.07) is 0. The van der Waals surface area contributed by atoms with Crippen LogP contribution >= 0.6 is 0 Å². The van der Waals surface area contributed by atoms with Gasteiger partial charge in [0.15, 0.2) is 0 Å². The van der Waals surface area contributed by atoms with Crippen LogP contribution in [-0.4, -0.2) is 19.3 Å². The summed E-state index contributed by atoms with van der Waals surface area (Å²) in [7, 11) is 0. The Morgan fingerprint density at radius 2 is 1.73 bits per heavy atom. The van der Waals surface area contributed by atoms with Crippen molar-refractivity contribution >= 4 is 0 Å². The molecule has 0 radical (unpaired) electrons. The molecule has 0 aromatic rings. The van der Waals surface area contributed by atoms with Gasteiger partial charge >= 0.3 is 6.18 Å². The first kappa shape index (κ1) is 12.8. The van der Waals surface area contributed by atoms with Gasteiger partial charge in [-0.3, -0.25) is 0 Å². The molecule has 1 saturated carbocycles. The van der Waals surface area contributed by atoms with Crippen LogP contribution in [0.4, 0.5) is 13.2 Å². The normalized spacial score (nSPS) is 28.0. The molecule has 0 bridgehead atoms. The molecule has 0 aromatic heterocycles. The second-order valence-corrected chi connectivity index (χ2v) is 4.46. The molecule has 1 aliphatic carbocycles. The van der Waals surface area contributed by atoms with E-state index in [4.69, 9.17) is 0 Å². The summed E-state index contributed by atoms with van der Waals surface area (Å²) in [6.07, 6.45) is -0.800. The molecular formula is C11H20F3N. The van der Waals surface area contributed by atoms with Gasteiger partial charge in [-0.05, 0) is 51.1 Å². The molecule has 0 unspecified atom stereocenters. The maximum atomic E-state index is 12.4. The Bertz CT molecular complexity index is 171. The van der Waals surface area contributed by atoms with Gasteiger partial charge < -0.3 is 5.32 Å². The molecule has 1 nitrogen and oxygen atoms in total. The zero-order valence-corrected chi connectivity index (χ0v) is 9.24. The molecule has 0 heterocycles. The van der Waals surface area contributed by atoms with Gasteiger partial charge in [-0.2, -0.15) is 13.2 Å². The standard InChI is InChI=1S/C11H20F3N/c1-2-7-15-8-9-3-5-10(6-4-9)11(12,13)14/h9-10,15H,2-8H2,1H3. The van der Waals surface area contributed by atoms with Crippen molar-refractivity contribution in [2.45, 2.75) is 45.2 Å². The Labute approximate surface area is 89.4 Å². The van der Waals surface area contributed by atoms with Crippen molar-refractivity contribution in [1.29, 1.82) is 0 Å². The summed E-state index contributed by atoms with van der Waals surface area (Å²) in [5.74, 6) is -0.588. The SMILES string of the molecule is CCCNCC1CCC(C(F)(F)F)CC1. The van der Waals surface area contributed by atoms with Gasteiger partial charge in [-0.25, -0.2) is 0 Å². The van der Waals surface area contributed by atoms with Crippen LogP contribution in [0.2, 0.25) is 0 Å². The van der Waals surface area contributed by atoms with Crippen molar-refractivity contribution < 1.29 is 13.2 Å². The van der Waals surface area contributed by atoms with Crippen molar-refractivity contribution in [2.24, 2.45) is 11.8 Å². The minimum absolute atomic E-state index is 0.321. The Morgan fingerprint density at radius 3 is 2.20 bits per heavy atom. The summed E-state index contributed by atoms with van der Waals surface area (Å²) < 4.78 is 37.1. The lowest BCUT2D eigenvalue weighted by molar-refractivity contribution is -0.183. The highest BCUT2D eigenvalue weighted by atomic mass is 19.4. The van der Waals surface area contributed by atoms with Crippen LogP contribution in [0, 0.1) is 11.8 Å². The lowest BCUT2D eigenvalue weighted by atomic mass is 9.81. The summed E-state index contributed by atoms with van der Waals surface area (Å²) >= 11 is 0. The molecular weight excluding hydrogens is 203 g/mol. The minimum atomic E-state index is -3.97. The molecule has 0 amide bonds. The summed E-state index contributed by atoms with van der Waals surface area (Å²) in [5.41, 5.74) is 0. The molecule has 1 aliphatic rings. The van der Waals surface area contributed by atoms with Gasteiger partial charge in [0.05, 0.1) is 5.92 Å². The van der Waals surface area contributed by atoms with Crippen LogP contribution < -0.4 is 5.32 Å². The van der Waals surface area contributed by atoms with E-state index in [1.807, 2.05) is 0 Å². The minimum Gasteiger partial charge on any atom is -0.316 e. The van der Waals surface area contributed by atoms with Crippen LogP contribution in [0.25, 0.3) is 0 Å². The van der Waals surface area contributed by atoms with Gasteiger partial charge in [0.1, 0.15) is 0 Å². The van der Waals surface area contributed by atoms with Gasteiger partial charge in [0.2, 0.25) is 0 Å². The van der Waals surface area contributed by atoms with Crippen LogP contribution in [-0.2, 0) is 0 Å². The lowest BCUT2D eigenvalue weighted by Crippen LogP contribution is -2.32. The van der Waals surface area contributed by atoms with E-state index in [2.05, 4.69) is 12.2 Å². The number of hydrogen-bond acceptors (Lipinski definition) is 1. The largest absolute Gasteiger partial charge is 0.391 e. The molecule has 4 heteroatoms. The second-order valence-electron chi connectivity index (χ2n) is 4.46. The molecule has 0 aliphatic heterocycles. The van der Waals surface area contributed by atoms with Crippen molar-refractivity contribution in [1.82, 2.24) is 5.32 Å². The lowest BCUT2D eigenvalue weighted by Gasteiger charge is -2.29. The number of halogens is 3. The second kappa shape index (κ2) is 5.73. The molecule has 0 atom stereocenters. The molecule has 0 spiro atoms. The van der Waals surface area contributed by atoms with Crippen LogP contribution in [0.5, 0.6) is 0 Å². The predicted octanol–water partition coefficient (Wildman–Crippen LogP) is 3.35. The van der Waals surface area contributed by atoms with Gasteiger partial charge in [0, 0.05) is 0 Å². The number of hydrogen-bond donors (Lipinski definition) is 1. The molecule has 15 heavy (non-hydrogen) atoms. The van der Waals surface area contributed by atoms with E-state index in [-0.39, 0.29) is 0 Å². The van der Waals surface area contributed by atoms with E-state index in [1.165, 1.54) is 0 Å². The third-order valence-corrected chi connectivity index (χ3v) is 3.17. The van der Waals surface area contributed by atoms with Gasteiger partial charge in [0.25, 0.3) is 0 Å². The van der Waals surface area contributed by atoms with Crippen molar-refractivity contribution in [2.75, 3.05) is 13.1 Å². The monoisotopic (exact) mass is 223 g/mol. The average Bonchev–Trinajstić information content (AvgIpc) is 2.18. The van der Waals surface area contributed by atoms with Crippen molar-refractivity contribution in [3.05, 3.63) is 0 Å². The predicted molar refractivity (Wildman–Crippen MR) is 54.7 cm³/mol. The molecule has 0 aromatic carbocycles. The summed E-state index contributed by atoms with van der Waals surface area (Å²) in [4.78, 5) is 0. The number of nitrogens with one attached hydrogen (secondary N) is 1. The quantitative estimate of drug-likeness (QED) is 0.721. The van der Waals surface area contributed by atoms with E-state index in [0.717, 1.165) is 32.4 Å². The average molecular weight is 223 g/mol. The zero-order valence-electron chi connectivity index (χ0n) is 9.24. The molecule has 1 N–H and O–H groups in total. The van der Waals surface area contributed by atoms with Crippen LogP contribution in [0.15, 0.2) is 0 Å². The highest BCUT2D eigenvalue weighted by Crippen LogP contribution is 2.39. The summed E-state index contributed by atoms with van der Waals surface area (Å²) in [5, 5.41) is 3.28. The van der Waals surface area contributed by atoms with Crippen molar-refractivity contribution in [3.8, 4) is 0 Å². The van der Waals surface area contributed by atoms with Crippen LogP contribution in [0.3, 0.4) is 0 Å². The first-order chi connectivity index (χ1) is 7.04. The fourth-order valence-electron chi connectivity index (χ4n) is 2.18.